The van der Waals surface area contributed by atoms with Crippen molar-refractivity contribution in [2.45, 2.75) is 105 Å². The van der Waals surface area contributed by atoms with Crippen LogP contribution in [-0.4, -0.2) is 80.2 Å². The standard InChI is InChI=1S/C35H33FO7.2C33H29FO6/c1-20(2)33(37)41-14-13-40-32-12-10-23-7-8-25(17-30(23)32)29-11-9-24(18-31(29)36)26-15-27(42-34(38)21(3)4)19-28(16-26)43-35(39)22(5)6;1-6-31(35)38-18-24-10-8-21-7-9-23(15-29(21)24)28-12-11-22(16-30(28)34)25-13-26(39-32(36)19(2)3)17-27(14-25)40-33(37)20(4)5;1-6-31(35)38-18-24-10-8-21-7-9-22(15-29(21)24)23-11-12-28(30(34)16-23)25-13-26(39-32(36)19(2)3)17-27(14-25)40-33(37)20(4)5/h7-9,11,15-19,32H,1,3,5,10,12-14H2,2,4,6H3;2*6-7,9,11-17,24H,1-2,4,8,10,18H2,3,5H3. The summed E-state index contributed by atoms with van der Waals surface area (Å²) in [6, 6.07) is 45.3. The van der Waals surface area contributed by atoms with Gasteiger partial charge in [0.05, 0.1) is 25.9 Å². The van der Waals surface area contributed by atoms with Gasteiger partial charge in [0.25, 0.3) is 0 Å². The molecule has 0 N–H and O–H groups in total. The lowest BCUT2D eigenvalue weighted by atomic mass is 9.95. The van der Waals surface area contributed by atoms with Crippen LogP contribution in [0.5, 0.6) is 34.5 Å². The van der Waals surface area contributed by atoms with Crippen LogP contribution in [0.25, 0.3) is 66.8 Å². The van der Waals surface area contributed by atoms with E-state index in [0.717, 1.165) is 84.1 Å². The van der Waals surface area contributed by atoms with Crippen LogP contribution in [0, 0.1) is 17.5 Å². The zero-order valence-electron chi connectivity index (χ0n) is 69.3. The smallest absolute Gasteiger partial charge is 0.338 e. The maximum Gasteiger partial charge on any atom is 0.338 e. The van der Waals surface area contributed by atoms with Gasteiger partial charge in [-0.1, -0.05) is 144 Å². The molecule has 123 heavy (non-hydrogen) atoms. The topological polar surface area (TPSA) is 246 Å². The summed E-state index contributed by atoms with van der Waals surface area (Å²) in [5.74, 6) is -6.09. The molecule has 0 heterocycles. The monoisotopic (exact) mass is 1660 g/mol. The average Bonchev–Trinajstić information content (AvgIpc) is 1.80. The van der Waals surface area contributed by atoms with Gasteiger partial charge in [0.1, 0.15) is 58.6 Å². The first-order chi connectivity index (χ1) is 58.5. The van der Waals surface area contributed by atoms with Gasteiger partial charge >= 0.3 is 53.7 Å². The third-order valence-corrected chi connectivity index (χ3v) is 19.9. The van der Waals surface area contributed by atoms with Crippen molar-refractivity contribution in [1.82, 2.24) is 0 Å². The van der Waals surface area contributed by atoms with E-state index >= 15 is 13.2 Å². The summed E-state index contributed by atoms with van der Waals surface area (Å²) in [6.07, 6.45) is 7.14. The number of carbonyl (C=O) groups is 9. The summed E-state index contributed by atoms with van der Waals surface area (Å²) < 4.78 is 100. The lowest BCUT2D eigenvalue weighted by Crippen LogP contribution is -2.12. The predicted octanol–water partition coefficient (Wildman–Crippen LogP) is 21.0. The second kappa shape index (κ2) is 41.1. The minimum Gasteiger partial charge on any atom is -0.462 e. The fourth-order valence-corrected chi connectivity index (χ4v) is 13.4. The Balaban J connectivity index is 0.000000193. The van der Waals surface area contributed by atoms with Gasteiger partial charge in [-0.2, -0.15) is 0 Å². The van der Waals surface area contributed by atoms with E-state index in [2.05, 4.69) is 59.2 Å². The molecule has 12 rings (SSSR count). The van der Waals surface area contributed by atoms with E-state index in [1.54, 1.807) is 67.6 Å². The fraction of sp³-hybridized carbons (Fsp3) is 0.198. The highest BCUT2D eigenvalue weighted by atomic mass is 19.1. The number of rotatable bonds is 29. The largest absolute Gasteiger partial charge is 0.462 e. The van der Waals surface area contributed by atoms with Gasteiger partial charge in [0.2, 0.25) is 0 Å². The van der Waals surface area contributed by atoms with Crippen LogP contribution >= 0.6 is 0 Å². The number of ether oxygens (including phenoxy) is 10. The van der Waals surface area contributed by atoms with Crippen molar-refractivity contribution < 1.29 is 104 Å². The number of hydrogen-bond acceptors (Lipinski definition) is 19. The van der Waals surface area contributed by atoms with Crippen molar-refractivity contribution in [3.8, 4) is 101 Å². The molecule has 0 radical (unpaired) electrons. The van der Waals surface area contributed by atoms with Gasteiger partial charge in [-0.3, -0.25) is 0 Å². The molecule has 19 nitrogen and oxygen atoms in total. The summed E-state index contributed by atoms with van der Waals surface area (Å²) in [7, 11) is 0. The van der Waals surface area contributed by atoms with Crippen LogP contribution in [0.15, 0.2) is 274 Å². The molecule has 0 spiro atoms. The molecule has 3 aliphatic rings. The summed E-state index contributed by atoms with van der Waals surface area (Å²) in [5.41, 5.74) is 14.1. The first-order valence-electron chi connectivity index (χ1n) is 39.1. The average molecular weight is 1670 g/mol. The van der Waals surface area contributed by atoms with Crippen LogP contribution in [0.4, 0.5) is 13.2 Å². The predicted molar refractivity (Wildman–Crippen MR) is 462 cm³/mol. The Morgan fingerprint density at radius 3 is 0.919 bits per heavy atom. The normalized spacial score (nSPS) is 13.6. The van der Waals surface area contributed by atoms with Gasteiger partial charge in [-0.25, -0.2) is 56.3 Å². The van der Waals surface area contributed by atoms with Gasteiger partial charge in [-0.05, 0) is 231 Å². The van der Waals surface area contributed by atoms with Crippen LogP contribution in [0.2, 0.25) is 0 Å². The maximum absolute atomic E-state index is 15.6. The number of fused-ring (bicyclic) bond motifs is 3. The van der Waals surface area contributed by atoms with E-state index in [1.807, 2.05) is 54.6 Å². The maximum atomic E-state index is 15.6. The molecular weight excluding hydrogens is 1570 g/mol. The van der Waals surface area contributed by atoms with Gasteiger partial charge in [0, 0.05) is 97.9 Å². The number of benzene rings is 9. The molecular formula is C101H91F3O19. The van der Waals surface area contributed by atoms with E-state index in [9.17, 15) is 43.2 Å². The molecule has 9 aromatic carbocycles. The minimum atomic E-state index is -0.667. The Hall–Kier alpha value is -14.4. The second-order valence-electron chi connectivity index (χ2n) is 29.9. The number of halogens is 3. The van der Waals surface area contributed by atoms with Crippen molar-refractivity contribution in [2.24, 2.45) is 0 Å². The number of esters is 9. The molecule has 22 heteroatoms. The summed E-state index contributed by atoms with van der Waals surface area (Å²) in [5, 5.41) is 0. The quantitative estimate of drug-likeness (QED) is 0.0139. The highest BCUT2D eigenvalue weighted by molar-refractivity contribution is 5.94. The molecule has 9 aromatic rings. The summed E-state index contributed by atoms with van der Waals surface area (Å²) in [4.78, 5) is 107. The Bertz CT molecular complexity index is 5720. The molecule has 3 atom stereocenters. The van der Waals surface area contributed by atoms with Crippen LogP contribution in [0.1, 0.15) is 119 Å². The molecule has 0 amide bonds. The van der Waals surface area contributed by atoms with Crippen molar-refractivity contribution in [1.29, 1.82) is 0 Å². The van der Waals surface area contributed by atoms with Crippen molar-refractivity contribution in [3.63, 3.8) is 0 Å². The highest BCUT2D eigenvalue weighted by Crippen LogP contribution is 2.44. The fourth-order valence-electron chi connectivity index (χ4n) is 13.4. The summed E-state index contributed by atoms with van der Waals surface area (Å²) in [6.45, 7) is 43.4. The van der Waals surface area contributed by atoms with Gasteiger partial charge in [0.15, 0.2) is 0 Å². The SMILES string of the molecule is C=C(C)C(=O)OCCOC1CCc2ccc(-c3ccc(-c4cc(OC(=O)C(=C)C)cc(OC(=O)C(=C)C)c4)cc3F)cc21.C=CC(=O)OCC1CCc2ccc(-c3ccc(-c4cc(OC(=O)C(=C)C)cc(OC(=O)C(=C)C)c4)c(F)c3)cc21.C=CC(=O)OCC1CCc2ccc(-c3ccc(-c4cc(OC(=O)C(=C)C)cc(OC(=O)C(=C)C)c4)cc3F)cc21. The molecule has 630 valence electrons. The molecule has 0 aromatic heterocycles. The van der Waals surface area contributed by atoms with Crippen LogP contribution in [0.3, 0.4) is 0 Å². The molecule has 0 saturated heterocycles. The Labute approximate surface area is 711 Å². The number of carbonyl (C=O) groups excluding carboxylic acids is 9. The third-order valence-electron chi connectivity index (χ3n) is 19.9. The zero-order chi connectivity index (χ0) is 89.2. The van der Waals surface area contributed by atoms with Crippen LogP contribution < -0.4 is 28.4 Å². The molecule has 0 saturated carbocycles. The van der Waals surface area contributed by atoms with E-state index in [1.165, 1.54) is 95.6 Å². The van der Waals surface area contributed by atoms with E-state index in [-0.39, 0.29) is 118 Å². The Morgan fingerprint density at radius 1 is 0.309 bits per heavy atom. The van der Waals surface area contributed by atoms with Crippen molar-refractivity contribution >= 4 is 53.7 Å². The van der Waals surface area contributed by atoms with E-state index < -0.39 is 71.2 Å². The number of aryl methyl sites for hydroxylation is 3. The highest BCUT2D eigenvalue weighted by Gasteiger charge is 2.29. The zero-order valence-corrected chi connectivity index (χ0v) is 69.3. The van der Waals surface area contributed by atoms with E-state index in [0.29, 0.717) is 61.2 Å². The molecule has 3 aliphatic carbocycles. The first kappa shape index (κ1) is 90.9. The van der Waals surface area contributed by atoms with Crippen molar-refractivity contribution in [3.05, 3.63) is 325 Å². The van der Waals surface area contributed by atoms with E-state index in [4.69, 9.17) is 47.4 Å². The Kier molecular flexibility index (Phi) is 30.4. The number of hydrogen-bond donors (Lipinski definition) is 0. The molecule has 0 aliphatic heterocycles. The van der Waals surface area contributed by atoms with Crippen LogP contribution in [-0.2, 0) is 81.4 Å². The lowest BCUT2D eigenvalue weighted by molar-refractivity contribution is -0.141. The minimum absolute atomic E-state index is 0.0335. The lowest BCUT2D eigenvalue weighted by Gasteiger charge is -2.15. The van der Waals surface area contributed by atoms with Crippen molar-refractivity contribution in [2.75, 3.05) is 26.4 Å². The first-order valence-corrected chi connectivity index (χ1v) is 39.1. The molecule has 0 fully saturated rings. The van der Waals surface area contributed by atoms with Gasteiger partial charge < -0.3 is 47.4 Å². The molecule has 0 bridgehead atoms. The molecule has 3 unspecified atom stereocenters. The van der Waals surface area contributed by atoms with Gasteiger partial charge in [-0.15, -0.1) is 0 Å². The summed E-state index contributed by atoms with van der Waals surface area (Å²) >= 11 is 0. The second-order valence-corrected chi connectivity index (χ2v) is 29.9. The Morgan fingerprint density at radius 2 is 0.585 bits per heavy atom. The third kappa shape index (κ3) is 24.0.